The van der Waals surface area contributed by atoms with E-state index in [9.17, 15) is 9.59 Å². The van der Waals surface area contributed by atoms with Gasteiger partial charge in [-0.1, -0.05) is 0 Å². The Morgan fingerprint density at radius 2 is 2.00 bits per heavy atom. The van der Waals surface area contributed by atoms with Crippen LogP contribution < -0.4 is 10.9 Å². The van der Waals surface area contributed by atoms with Crippen LogP contribution in [0.15, 0.2) is 28.8 Å². The van der Waals surface area contributed by atoms with Crippen LogP contribution >= 0.6 is 22.7 Å². The van der Waals surface area contributed by atoms with Gasteiger partial charge in [-0.15, -0.1) is 22.7 Å². The standard InChI is InChI=1S/C22H25N7O2S2/c1-13-15(3)33-20-18(13)19(23-12-24-20)25-14(2)21(31)28-6-4-27(5-7-28)11-16-10-17(30)29-8-9-32-22(29)26-16/h8-10,12,14H,4-7,11H2,1-3H3,(H,23,24,25). The van der Waals surface area contributed by atoms with Gasteiger partial charge >= 0.3 is 0 Å². The summed E-state index contributed by atoms with van der Waals surface area (Å²) >= 11 is 3.10. The molecule has 1 unspecified atom stereocenters. The molecule has 4 aromatic rings. The van der Waals surface area contributed by atoms with E-state index in [4.69, 9.17) is 0 Å². The van der Waals surface area contributed by atoms with Gasteiger partial charge in [0.2, 0.25) is 5.91 Å². The van der Waals surface area contributed by atoms with Gasteiger partial charge in [-0.2, -0.15) is 0 Å². The highest BCUT2D eigenvalue weighted by molar-refractivity contribution is 7.18. The van der Waals surface area contributed by atoms with E-state index in [0.717, 1.165) is 34.6 Å². The fourth-order valence-corrected chi connectivity index (χ4v) is 5.89. The first kappa shape index (κ1) is 21.9. The van der Waals surface area contributed by atoms with Crippen LogP contribution in [-0.4, -0.2) is 67.3 Å². The minimum Gasteiger partial charge on any atom is -0.358 e. The molecule has 5 heterocycles. The first-order valence-electron chi connectivity index (χ1n) is 10.8. The molecule has 0 radical (unpaired) electrons. The molecule has 0 saturated carbocycles. The van der Waals surface area contributed by atoms with E-state index in [1.807, 2.05) is 17.2 Å². The molecule has 172 valence electrons. The smallest absolute Gasteiger partial charge is 0.258 e. The number of carbonyl (C=O) groups is 1. The lowest BCUT2D eigenvalue weighted by Crippen LogP contribution is -2.52. The Labute approximate surface area is 198 Å². The van der Waals surface area contributed by atoms with Crippen LogP contribution in [0, 0.1) is 13.8 Å². The summed E-state index contributed by atoms with van der Waals surface area (Å²) in [7, 11) is 0. The maximum atomic E-state index is 13.1. The predicted molar refractivity (Wildman–Crippen MR) is 131 cm³/mol. The summed E-state index contributed by atoms with van der Waals surface area (Å²) in [6.07, 6.45) is 3.29. The molecule has 1 fully saturated rings. The summed E-state index contributed by atoms with van der Waals surface area (Å²) < 4.78 is 1.56. The second kappa shape index (κ2) is 8.81. The number of thiazole rings is 1. The second-order valence-electron chi connectivity index (χ2n) is 8.29. The summed E-state index contributed by atoms with van der Waals surface area (Å²) in [4.78, 5) is 45.7. The van der Waals surface area contributed by atoms with Gasteiger partial charge in [-0.25, -0.2) is 15.0 Å². The van der Waals surface area contributed by atoms with Crippen molar-refractivity contribution in [3.63, 3.8) is 0 Å². The van der Waals surface area contributed by atoms with Gasteiger partial charge in [0, 0.05) is 55.2 Å². The lowest BCUT2D eigenvalue weighted by molar-refractivity contribution is -0.133. The first-order valence-corrected chi connectivity index (χ1v) is 12.5. The SMILES string of the molecule is Cc1sc2ncnc(NC(C)C(=O)N3CCN(Cc4cc(=O)n5ccsc5n4)CC3)c2c1C. The van der Waals surface area contributed by atoms with Crippen LogP contribution in [0.25, 0.3) is 15.2 Å². The van der Waals surface area contributed by atoms with E-state index in [0.29, 0.717) is 30.4 Å². The highest BCUT2D eigenvalue weighted by atomic mass is 32.1. The molecular formula is C22H25N7O2S2. The Morgan fingerprint density at radius 3 is 2.79 bits per heavy atom. The predicted octanol–water partition coefficient (Wildman–Crippen LogP) is 2.52. The number of piperazine rings is 1. The van der Waals surface area contributed by atoms with Crippen molar-refractivity contribution < 1.29 is 4.79 Å². The zero-order valence-electron chi connectivity index (χ0n) is 18.7. The van der Waals surface area contributed by atoms with E-state index in [1.165, 1.54) is 16.2 Å². The van der Waals surface area contributed by atoms with Crippen LogP contribution in [-0.2, 0) is 11.3 Å². The molecule has 0 aliphatic carbocycles. The van der Waals surface area contributed by atoms with E-state index in [1.54, 1.807) is 34.3 Å². The number of thiophene rings is 1. The van der Waals surface area contributed by atoms with E-state index in [-0.39, 0.29) is 11.5 Å². The maximum Gasteiger partial charge on any atom is 0.258 e. The van der Waals surface area contributed by atoms with Crippen molar-refractivity contribution in [3.05, 3.63) is 50.5 Å². The minimum absolute atomic E-state index is 0.0557. The number of rotatable bonds is 5. The molecule has 1 amide bonds. The molecule has 4 aromatic heterocycles. The van der Waals surface area contributed by atoms with Gasteiger partial charge in [0.25, 0.3) is 5.56 Å². The Hall–Kier alpha value is -2.89. The zero-order chi connectivity index (χ0) is 23.1. The van der Waals surface area contributed by atoms with E-state index >= 15 is 0 Å². The number of fused-ring (bicyclic) bond motifs is 2. The summed E-state index contributed by atoms with van der Waals surface area (Å²) in [6.45, 7) is 9.38. The van der Waals surface area contributed by atoms with Gasteiger partial charge in [-0.05, 0) is 26.3 Å². The Bertz CT molecular complexity index is 1380. The number of aryl methyl sites for hydroxylation is 2. The molecule has 11 heteroatoms. The molecule has 5 rings (SSSR count). The second-order valence-corrected chi connectivity index (χ2v) is 10.4. The number of hydrogen-bond acceptors (Lipinski definition) is 9. The van der Waals surface area contributed by atoms with Crippen molar-refractivity contribution >= 4 is 49.6 Å². The van der Waals surface area contributed by atoms with Crippen molar-refractivity contribution in [2.45, 2.75) is 33.4 Å². The Morgan fingerprint density at radius 1 is 1.21 bits per heavy atom. The van der Waals surface area contributed by atoms with Crippen LogP contribution in [0.4, 0.5) is 5.82 Å². The number of nitrogens with one attached hydrogen (secondary N) is 1. The number of anilines is 1. The average Bonchev–Trinajstić information content (AvgIpc) is 3.39. The highest BCUT2D eigenvalue weighted by Gasteiger charge is 2.26. The molecule has 33 heavy (non-hydrogen) atoms. The fraction of sp³-hybridized carbons (Fsp3) is 0.409. The third kappa shape index (κ3) is 4.23. The molecule has 0 spiro atoms. The quantitative estimate of drug-likeness (QED) is 0.466. The van der Waals surface area contributed by atoms with E-state index < -0.39 is 6.04 Å². The monoisotopic (exact) mass is 483 g/mol. The third-order valence-electron chi connectivity index (χ3n) is 6.11. The molecule has 1 N–H and O–H groups in total. The molecule has 1 aliphatic rings. The van der Waals surface area contributed by atoms with Crippen LogP contribution in [0.5, 0.6) is 0 Å². The van der Waals surface area contributed by atoms with Gasteiger partial charge in [0.15, 0.2) is 4.96 Å². The number of amides is 1. The van der Waals surface area contributed by atoms with Crippen molar-refractivity contribution in [3.8, 4) is 0 Å². The molecule has 1 aliphatic heterocycles. The normalized spacial score (nSPS) is 15.9. The number of hydrogen-bond donors (Lipinski definition) is 1. The molecular weight excluding hydrogens is 458 g/mol. The largest absolute Gasteiger partial charge is 0.358 e. The summed E-state index contributed by atoms with van der Waals surface area (Å²) in [5.41, 5.74) is 1.87. The number of carbonyl (C=O) groups excluding carboxylic acids is 1. The van der Waals surface area contributed by atoms with Gasteiger partial charge in [0.1, 0.15) is 23.0 Å². The molecule has 0 aromatic carbocycles. The third-order valence-corrected chi connectivity index (χ3v) is 7.99. The van der Waals surface area contributed by atoms with E-state index in [2.05, 4.69) is 39.0 Å². The number of nitrogens with zero attached hydrogens (tertiary/aromatic N) is 6. The highest BCUT2D eigenvalue weighted by Crippen LogP contribution is 2.32. The lowest BCUT2D eigenvalue weighted by atomic mass is 10.2. The van der Waals surface area contributed by atoms with Gasteiger partial charge in [-0.3, -0.25) is 18.9 Å². The first-order chi connectivity index (χ1) is 15.9. The number of aromatic nitrogens is 4. The van der Waals surface area contributed by atoms with Crippen LogP contribution in [0.2, 0.25) is 0 Å². The average molecular weight is 484 g/mol. The maximum absolute atomic E-state index is 13.1. The summed E-state index contributed by atoms with van der Waals surface area (Å²) in [6, 6.07) is 1.21. The van der Waals surface area contributed by atoms with Crippen molar-refractivity contribution in [2.24, 2.45) is 0 Å². The van der Waals surface area contributed by atoms with Crippen LogP contribution in [0.1, 0.15) is 23.1 Å². The fourth-order valence-electron chi connectivity index (χ4n) is 4.16. The van der Waals surface area contributed by atoms with Crippen molar-refractivity contribution in [2.75, 3.05) is 31.5 Å². The Balaban J connectivity index is 1.21. The van der Waals surface area contributed by atoms with Gasteiger partial charge < -0.3 is 10.2 Å². The van der Waals surface area contributed by atoms with Crippen molar-refractivity contribution in [1.29, 1.82) is 0 Å². The van der Waals surface area contributed by atoms with Crippen LogP contribution in [0.3, 0.4) is 0 Å². The molecule has 1 atom stereocenters. The van der Waals surface area contributed by atoms with Crippen molar-refractivity contribution in [1.82, 2.24) is 29.2 Å². The summed E-state index contributed by atoms with van der Waals surface area (Å²) in [5, 5.41) is 6.17. The molecule has 9 nitrogen and oxygen atoms in total. The summed E-state index contributed by atoms with van der Waals surface area (Å²) in [5.74, 6) is 0.769. The Kier molecular flexibility index (Phi) is 5.85. The zero-order valence-corrected chi connectivity index (χ0v) is 20.4. The minimum atomic E-state index is -0.391. The van der Waals surface area contributed by atoms with Gasteiger partial charge in [0.05, 0.1) is 11.1 Å². The lowest BCUT2D eigenvalue weighted by Gasteiger charge is -2.35. The molecule has 0 bridgehead atoms. The topological polar surface area (TPSA) is 95.7 Å². The molecule has 1 saturated heterocycles.